The molecule has 0 bridgehead atoms. The molecule has 1 fully saturated rings. The van der Waals surface area contributed by atoms with Gasteiger partial charge in [0.25, 0.3) is 0 Å². The van der Waals surface area contributed by atoms with Crippen molar-refractivity contribution in [1.82, 2.24) is 10.2 Å². The quantitative estimate of drug-likeness (QED) is 0.655. The average Bonchev–Trinajstić information content (AvgIpc) is 2.30. The summed E-state index contributed by atoms with van der Waals surface area (Å²) in [6.07, 6.45) is 8.20. The van der Waals surface area contributed by atoms with Crippen LogP contribution in [0.4, 0.5) is 0 Å². The SMILES string of the molecule is CCCCCCNCCN1CCC(C)(C)CC1. The number of hydrogen-bond donors (Lipinski definition) is 1. The van der Waals surface area contributed by atoms with Gasteiger partial charge >= 0.3 is 0 Å². The van der Waals surface area contributed by atoms with Crippen LogP contribution in [0.5, 0.6) is 0 Å². The molecule has 0 saturated carbocycles. The minimum atomic E-state index is 0.587. The van der Waals surface area contributed by atoms with Crippen LogP contribution in [-0.2, 0) is 0 Å². The fourth-order valence-electron chi connectivity index (χ4n) is 2.42. The smallest absolute Gasteiger partial charge is 0.0107 e. The monoisotopic (exact) mass is 240 g/mol. The molecule has 1 aliphatic heterocycles. The molecule has 17 heavy (non-hydrogen) atoms. The topological polar surface area (TPSA) is 15.3 Å². The van der Waals surface area contributed by atoms with Crippen LogP contribution in [0.3, 0.4) is 0 Å². The Labute approximate surface area is 108 Å². The van der Waals surface area contributed by atoms with Crippen LogP contribution in [0, 0.1) is 5.41 Å². The van der Waals surface area contributed by atoms with E-state index in [9.17, 15) is 0 Å². The van der Waals surface area contributed by atoms with Crippen molar-refractivity contribution in [3.05, 3.63) is 0 Å². The Hall–Kier alpha value is -0.0800. The summed E-state index contributed by atoms with van der Waals surface area (Å²) in [4.78, 5) is 2.62. The van der Waals surface area contributed by atoms with Crippen molar-refractivity contribution >= 4 is 0 Å². The molecule has 1 saturated heterocycles. The second-order valence-corrected chi connectivity index (χ2v) is 6.32. The van der Waals surface area contributed by atoms with Crippen molar-refractivity contribution in [1.29, 1.82) is 0 Å². The van der Waals surface area contributed by atoms with Gasteiger partial charge in [0.15, 0.2) is 0 Å². The van der Waals surface area contributed by atoms with Gasteiger partial charge in [0.2, 0.25) is 0 Å². The van der Waals surface area contributed by atoms with Gasteiger partial charge in [-0.2, -0.15) is 0 Å². The minimum absolute atomic E-state index is 0.587. The lowest BCUT2D eigenvalue weighted by molar-refractivity contribution is 0.133. The molecule has 0 aromatic carbocycles. The molecule has 0 aliphatic carbocycles. The van der Waals surface area contributed by atoms with Gasteiger partial charge in [-0.15, -0.1) is 0 Å². The van der Waals surface area contributed by atoms with Crippen LogP contribution in [0.1, 0.15) is 59.3 Å². The van der Waals surface area contributed by atoms with Crippen molar-refractivity contribution in [3.8, 4) is 0 Å². The maximum absolute atomic E-state index is 3.57. The molecular formula is C15H32N2. The third-order valence-electron chi connectivity index (χ3n) is 4.02. The van der Waals surface area contributed by atoms with Gasteiger partial charge in [-0.05, 0) is 44.3 Å². The highest BCUT2D eigenvalue weighted by Gasteiger charge is 2.24. The first-order valence-electron chi connectivity index (χ1n) is 7.57. The Balaban J connectivity index is 1.90. The number of hydrogen-bond acceptors (Lipinski definition) is 2. The zero-order valence-corrected chi connectivity index (χ0v) is 12.2. The molecule has 2 nitrogen and oxygen atoms in total. The first kappa shape index (κ1) is 15.0. The number of unbranched alkanes of at least 4 members (excludes halogenated alkanes) is 3. The van der Waals surface area contributed by atoms with Gasteiger partial charge in [-0.25, -0.2) is 0 Å². The Bertz CT molecular complexity index is 179. The van der Waals surface area contributed by atoms with Gasteiger partial charge in [0, 0.05) is 13.1 Å². The zero-order valence-electron chi connectivity index (χ0n) is 12.2. The van der Waals surface area contributed by atoms with Crippen LogP contribution in [0.2, 0.25) is 0 Å². The summed E-state index contributed by atoms with van der Waals surface area (Å²) >= 11 is 0. The summed E-state index contributed by atoms with van der Waals surface area (Å²) in [6.45, 7) is 13.3. The fraction of sp³-hybridized carbons (Fsp3) is 1.00. The molecule has 0 atom stereocenters. The number of likely N-dealkylation sites (tertiary alicyclic amines) is 1. The van der Waals surface area contributed by atoms with Crippen LogP contribution in [0.25, 0.3) is 0 Å². The number of piperidine rings is 1. The summed E-state index contributed by atoms with van der Waals surface area (Å²) in [6, 6.07) is 0. The van der Waals surface area contributed by atoms with Crippen LogP contribution < -0.4 is 5.32 Å². The molecular weight excluding hydrogens is 208 g/mol. The largest absolute Gasteiger partial charge is 0.315 e. The standard InChI is InChI=1S/C15H32N2/c1-4-5-6-7-10-16-11-14-17-12-8-15(2,3)9-13-17/h16H,4-14H2,1-3H3. The Kier molecular flexibility index (Phi) is 7.14. The minimum Gasteiger partial charge on any atom is -0.315 e. The van der Waals surface area contributed by atoms with E-state index < -0.39 is 0 Å². The molecule has 0 aromatic heterocycles. The van der Waals surface area contributed by atoms with Gasteiger partial charge in [-0.3, -0.25) is 0 Å². The summed E-state index contributed by atoms with van der Waals surface area (Å²) < 4.78 is 0. The normalized spacial score (nSPS) is 20.6. The van der Waals surface area contributed by atoms with E-state index >= 15 is 0 Å². The van der Waals surface area contributed by atoms with Crippen LogP contribution in [0.15, 0.2) is 0 Å². The highest BCUT2D eigenvalue weighted by Crippen LogP contribution is 2.29. The second kappa shape index (κ2) is 8.10. The third kappa shape index (κ3) is 7.05. The van der Waals surface area contributed by atoms with E-state index in [-0.39, 0.29) is 0 Å². The predicted molar refractivity (Wildman–Crippen MR) is 76.5 cm³/mol. The van der Waals surface area contributed by atoms with E-state index in [1.165, 1.54) is 71.2 Å². The summed E-state index contributed by atoms with van der Waals surface area (Å²) in [5, 5.41) is 3.57. The maximum atomic E-state index is 3.57. The Morgan fingerprint density at radius 1 is 1.00 bits per heavy atom. The first-order valence-corrected chi connectivity index (χ1v) is 7.57. The summed E-state index contributed by atoms with van der Waals surface area (Å²) in [5.41, 5.74) is 0.587. The lowest BCUT2D eigenvalue weighted by Gasteiger charge is -2.36. The Morgan fingerprint density at radius 3 is 2.35 bits per heavy atom. The third-order valence-corrected chi connectivity index (χ3v) is 4.02. The fourth-order valence-corrected chi connectivity index (χ4v) is 2.42. The average molecular weight is 240 g/mol. The molecule has 0 amide bonds. The Morgan fingerprint density at radius 2 is 1.71 bits per heavy atom. The van der Waals surface area contributed by atoms with E-state index in [0.29, 0.717) is 5.41 Å². The van der Waals surface area contributed by atoms with Gasteiger partial charge < -0.3 is 10.2 Å². The first-order chi connectivity index (χ1) is 8.14. The predicted octanol–water partition coefficient (Wildman–Crippen LogP) is 3.28. The summed E-state index contributed by atoms with van der Waals surface area (Å²) in [5.74, 6) is 0. The molecule has 0 radical (unpaired) electrons. The van der Waals surface area contributed by atoms with Crippen molar-refractivity contribution in [2.45, 2.75) is 59.3 Å². The molecule has 1 aliphatic rings. The summed E-state index contributed by atoms with van der Waals surface area (Å²) in [7, 11) is 0. The van der Waals surface area contributed by atoms with E-state index in [0.717, 1.165) is 0 Å². The number of nitrogens with zero attached hydrogens (tertiary/aromatic N) is 1. The van der Waals surface area contributed by atoms with E-state index in [4.69, 9.17) is 0 Å². The van der Waals surface area contributed by atoms with Crippen LogP contribution in [-0.4, -0.2) is 37.6 Å². The van der Waals surface area contributed by atoms with Crippen LogP contribution >= 0.6 is 0 Å². The van der Waals surface area contributed by atoms with Crippen molar-refractivity contribution in [3.63, 3.8) is 0 Å². The van der Waals surface area contributed by atoms with E-state index in [1.807, 2.05) is 0 Å². The van der Waals surface area contributed by atoms with E-state index in [2.05, 4.69) is 31.0 Å². The highest BCUT2D eigenvalue weighted by atomic mass is 15.1. The van der Waals surface area contributed by atoms with Crippen molar-refractivity contribution in [2.75, 3.05) is 32.7 Å². The lowest BCUT2D eigenvalue weighted by Crippen LogP contribution is -2.40. The van der Waals surface area contributed by atoms with Gasteiger partial charge in [0.05, 0.1) is 0 Å². The molecule has 0 spiro atoms. The molecule has 0 aromatic rings. The highest BCUT2D eigenvalue weighted by molar-refractivity contribution is 4.78. The maximum Gasteiger partial charge on any atom is 0.0107 e. The van der Waals surface area contributed by atoms with Crippen molar-refractivity contribution < 1.29 is 0 Å². The molecule has 1 N–H and O–H groups in total. The van der Waals surface area contributed by atoms with Gasteiger partial charge in [-0.1, -0.05) is 40.0 Å². The zero-order chi connectivity index (χ0) is 12.6. The molecule has 1 heterocycles. The molecule has 102 valence electrons. The molecule has 0 unspecified atom stereocenters. The van der Waals surface area contributed by atoms with E-state index in [1.54, 1.807) is 0 Å². The van der Waals surface area contributed by atoms with Gasteiger partial charge in [0.1, 0.15) is 0 Å². The number of nitrogens with one attached hydrogen (secondary N) is 1. The molecule has 1 rings (SSSR count). The second-order valence-electron chi connectivity index (χ2n) is 6.32. The molecule has 2 heteroatoms. The van der Waals surface area contributed by atoms with Crippen molar-refractivity contribution in [2.24, 2.45) is 5.41 Å². The lowest BCUT2D eigenvalue weighted by atomic mass is 9.83. The number of rotatable bonds is 8.